The van der Waals surface area contributed by atoms with E-state index in [2.05, 4.69) is 102 Å². The maximum Gasteiger partial charge on any atom is 0.110 e. The van der Waals surface area contributed by atoms with Crippen LogP contribution >= 0.6 is 7.91 Å². The van der Waals surface area contributed by atoms with E-state index < -0.39 is 7.91 Å². The van der Waals surface area contributed by atoms with Crippen LogP contribution in [0.2, 0.25) is 0 Å². The lowest BCUT2D eigenvalue weighted by Crippen LogP contribution is -2.49. The van der Waals surface area contributed by atoms with Gasteiger partial charge in [-0.3, -0.25) is 0 Å². The molecule has 0 saturated carbocycles. The van der Waals surface area contributed by atoms with E-state index in [1.165, 1.54) is 150 Å². The van der Waals surface area contributed by atoms with Crippen LogP contribution in [-0.4, -0.2) is 48.2 Å². The van der Waals surface area contributed by atoms with Gasteiger partial charge in [0.25, 0.3) is 0 Å². The summed E-state index contributed by atoms with van der Waals surface area (Å²) in [6.07, 6.45) is 16.0. The minimum absolute atomic E-state index is 1.22. The monoisotopic (exact) mass is 650 g/mol. The van der Waals surface area contributed by atoms with Gasteiger partial charge in [0.2, 0.25) is 0 Å². The lowest BCUT2D eigenvalue weighted by Gasteiger charge is -2.39. The standard InChI is InChI=1S/2C19H34N.FH2O3P/c2*1-4-7-15-20(16-8-5-2,17-9-6-3)18-19-13-11-10-12-14-19;1-5(2,3)4/h2*10-14H,4-9,15-18H2,1-3H3;(H2,2,3,4)/q2*+1;/p-2. The zero-order chi connectivity index (χ0) is 33.9. The number of halogens is 1. The van der Waals surface area contributed by atoms with Gasteiger partial charge in [-0.15, -0.1) is 0 Å². The summed E-state index contributed by atoms with van der Waals surface area (Å²) < 4.78 is 21.2. The molecule has 0 atom stereocenters. The summed E-state index contributed by atoms with van der Waals surface area (Å²) >= 11 is 0. The molecule has 2 aromatic carbocycles. The second-order valence-electron chi connectivity index (χ2n) is 12.9. The Morgan fingerprint density at radius 1 is 0.489 bits per heavy atom. The van der Waals surface area contributed by atoms with E-state index in [9.17, 15) is 4.20 Å². The first-order valence-corrected chi connectivity index (χ1v) is 19.5. The van der Waals surface area contributed by atoms with Crippen molar-refractivity contribution in [1.29, 1.82) is 0 Å². The average molecular weight is 651 g/mol. The van der Waals surface area contributed by atoms with Gasteiger partial charge in [-0.2, -0.15) is 0 Å². The highest BCUT2D eigenvalue weighted by Crippen LogP contribution is 2.23. The highest BCUT2D eigenvalue weighted by Gasteiger charge is 2.27. The third kappa shape index (κ3) is 23.4. The van der Waals surface area contributed by atoms with E-state index in [0.717, 1.165) is 0 Å². The predicted octanol–water partition coefficient (Wildman–Crippen LogP) is 9.59. The smallest absolute Gasteiger partial charge is 0.110 e. The highest BCUT2D eigenvalue weighted by atomic mass is 31.2. The topological polar surface area (TPSA) is 63.2 Å². The van der Waals surface area contributed by atoms with E-state index in [-0.39, 0.29) is 0 Å². The van der Waals surface area contributed by atoms with Crippen LogP contribution in [0.5, 0.6) is 0 Å². The SMILES string of the molecule is CCCC[N+](CCCC)(CCCC)Cc1ccccc1.CCCC[N+](CCCC)(CCCC)Cc1ccccc1.O=P([O-])([O-])F. The Balaban J connectivity index is 0.000000748. The molecule has 0 aliphatic carbocycles. The number of quaternary nitrogens is 2. The average Bonchev–Trinajstić information content (AvgIpc) is 3.03. The van der Waals surface area contributed by atoms with Crippen molar-refractivity contribution >= 4 is 7.91 Å². The summed E-state index contributed by atoms with van der Waals surface area (Å²) in [5.74, 6) is 0. The molecule has 0 amide bonds. The number of hydrogen-bond acceptors (Lipinski definition) is 3. The van der Waals surface area contributed by atoms with E-state index in [0.29, 0.717) is 0 Å². The second-order valence-corrected chi connectivity index (χ2v) is 13.7. The molecule has 7 heteroatoms. The largest absolute Gasteiger partial charge is 0.786 e. The Bertz CT molecular complexity index is 850. The normalized spacial score (nSPS) is 11.8. The Hall–Kier alpha value is -1.56. The molecule has 0 fully saturated rings. The van der Waals surface area contributed by atoms with Crippen LogP contribution < -0.4 is 9.79 Å². The van der Waals surface area contributed by atoms with Gasteiger partial charge in [-0.1, -0.05) is 141 Å². The van der Waals surface area contributed by atoms with Crippen molar-refractivity contribution in [1.82, 2.24) is 0 Å². The van der Waals surface area contributed by atoms with Gasteiger partial charge in [0, 0.05) is 11.1 Å². The van der Waals surface area contributed by atoms with Crippen molar-refractivity contribution < 1.29 is 27.5 Å². The van der Waals surface area contributed by atoms with Crippen LogP contribution in [0.4, 0.5) is 4.20 Å². The van der Waals surface area contributed by atoms with Gasteiger partial charge >= 0.3 is 0 Å². The molecule has 0 aliphatic rings. The Morgan fingerprint density at radius 2 is 0.689 bits per heavy atom. The van der Waals surface area contributed by atoms with Crippen molar-refractivity contribution in [2.24, 2.45) is 0 Å². The summed E-state index contributed by atoms with van der Waals surface area (Å²) in [5, 5.41) is 0. The molecule has 0 aromatic heterocycles. The van der Waals surface area contributed by atoms with Gasteiger partial charge in [0.15, 0.2) is 0 Å². The Morgan fingerprint density at radius 3 is 0.867 bits per heavy atom. The Labute approximate surface area is 277 Å². The summed E-state index contributed by atoms with van der Waals surface area (Å²) in [4.78, 5) is 16.9. The van der Waals surface area contributed by atoms with E-state index in [1.54, 1.807) is 0 Å². The van der Waals surface area contributed by atoms with E-state index >= 15 is 0 Å². The van der Waals surface area contributed by atoms with Gasteiger partial charge in [-0.05, 0) is 38.5 Å². The number of benzene rings is 2. The maximum atomic E-state index is 10.1. The van der Waals surface area contributed by atoms with Crippen molar-refractivity contribution in [3.63, 3.8) is 0 Å². The molecule has 2 rings (SSSR count). The summed E-state index contributed by atoms with van der Waals surface area (Å²) in [6.45, 7) is 24.5. The van der Waals surface area contributed by atoms with Gasteiger partial charge in [0.05, 0.1) is 39.3 Å². The fraction of sp³-hybridized carbons (Fsp3) is 0.684. The highest BCUT2D eigenvalue weighted by molar-refractivity contribution is 7.42. The number of rotatable bonds is 22. The minimum Gasteiger partial charge on any atom is -0.786 e. The molecule has 0 bridgehead atoms. The summed E-state index contributed by atoms with van der Waals surface area (Å²) in [7, 11) is -5.64. The number of nitrogens with zero attached hydrogens (tertiary/aromatic N) is 2. The summed E-state index contributed by atoms with van der Waals surface area (Å²) in [5.41, 5.74) is 3.02. The molecule has 0 spiro atoms. The number of unbranched alkanes of at least 4 members (excludes halogenated alkanes) is 6. The predicted molar refractivity (Wildman–Crippen MR) is 188 cm³/mol. The molecule has 0 unspecified atom stereocenters. The first-order chi connectivity index (χ1) is 21.5. The molecule has 5 nitrogen and oxygen atoms in total. The summed E-state index contributed by atoms with van der Waals surface area (Å²) in [6, 6.07) is 22.2. The molecule has 45 heavy (non-hydrogen) atoms. The van der Waals surface area contributed by atoms with Crippen molar-refractivity contribution in [2.75, 3.05) is 39.3 Å². The van der Waals surface area contributed by atoms with Crippen LogP contribution in [0, 0.1) is 0 Å². The first kappa shape index (κ1) is 43.4. The van der Waals surface area contributed by atoms with Gasteiger partial charge in [-0.25, -0.2) is 4.20 Å². The van der Waals surface area contributed by atoms with Crippen molar-refractivity contribution in [3.05, 3.63) is 71.8 Å². The van der Waals surface area contributed by atoms with Crippen molar-refractivity contribution in [2.45, 2.75) is 132 Å². The van der Waals surface area contributed by atoms with Crippen LogP contribution in [0.3, 0.4) is 0 Å². The zero-order valence-electron chi connectivity index (χ0n) is 29.9. The van der Waals surface area contributed by atoms with Crippen LogP contribution in [-0.2, 0) is 17.7 Å². The molecule has 0 N–H and O–H groups in total. The third-order valence-corrected chi connectivity index (χ3v) is 8.64. The molecular weight excluding hydrogens is 582 g/mol. The van der Waals surface area contributed by atoms with Crippen molar-refractivity contribution in [3.8, 4) is 0 Å². The second kappa shape index (κ2) is 26.5. The zero-order valence-corrected chi connectivity index (χ0v) is 30.8. The quantitative estimate of drug-likeness (QED) is 0.0942. The fourth-order valence-corrected chi connectivity index (χ4v) is 6.05. The van der Waals surface area contributed by atoms with Crippen LogP contribution in [0.15, 0.2) is 60.7 Å². The lowest BCUT2D eigenvalue weighted by atomic mass is 10.1. The van der Waals surface area contributed by atoms with E-state index in [1.807, 2.05) is 0 Å². The molecule has 260 valence electrons. The maximum absolute atomic E-state index is 10.1. The van der Waals surface area contributed by atoms with Crippen LogP contribution in [0.1, 0.15) is 130 Å². The van der Waals surface area contributed by atoms with Gasteiger partial charge < -0.3 is 23.3 Å². The molecule has 0 radical (unpaired) electrons. The Kier molecular flexibility index (Phi) is 25.6. The van der Waals surface area contributed by atoms with E-state index in [4.69, 9.17) is 14.4 Å². The van der Waals surface area contributed by atoms with Gasteiger partial charge in [0.1, 0.15) is 21.0 Å². The van der Waals surface area contributed by atoms with Crippen LogP contribution in [0.25, 0.3) is 0 Å². The minimum atomic E-state index is -5.64. The fourth-order valence-electron chi connectivity index (χ4n) is 6.05. The first-order valence-electron chi connectivity index (χ1n) is 18.0. The molecule has 0 heterocycles. The molecule has 0 saturated heterocycles. The lowest BCUT2D eigenvalue weighted by molar-refractivity contribution is -0.941. The molecule has 2 aromatic rings. The molecular formula is C38H68FN2O3P. The third-order valence-electron chi connectivity index (χ3n) is 8.64. The number of hydrogen-bond donors (Lipinski definition) is 0. The molecule has 0 aliphatic heterocycles.